The molecule has 3 atom stereocenters. The van der Waals surface area contributed by atoms with Gasteiger partial charge in [0.2, 0.25) is 0 Å². The summed E-state index contributed by atoms with van der Waals surface area (Å²) in [7, 11) is 0. The van der Waals surface area contributed by atoms with Gasteiger partial charge in [0.05, 0.1) is 0 Å². The summed E-state index contributed by atoms with van der Waals surface area (Å²) >= 11 is 0. The molecule has 0 aromatic heterocycles. The molecule has 6 rings (SSSR count). The van der Waals surface area contributed by atoms with E-state index in [1.165, 1.54) is 133 Å². The standard InChI is InChI=1S/C40H52/c1-2-7-11-29-40-30-16-27-36-25-14-23-34-21-12-19-32-17-8-4-3-5-9-18-33(32)20-13-22-35(34)24-15-26-37(36)31-39(40)38(40)28-10-6-1/h12-15,19-26,38-39H,1-11,16-18,27-31H2. The summed E-state index contributed by atoms with van der Waals surface area (Å²) in [5, 5.41) is 2.61. The van der Waals surface area contributed by atoms with E-state index in [0.29, 0.717) is 5.41 Å². The van der Waals surface area contributed by atoms with Crippen LogP contribution in [-0.4, -0.2) is 0 Å². The molecule has 2 aromatic rings. The van der Waals surface area contributed by atoms with Gasteiger partial charge < -0.3 is 0 Å². The predicted octanol–water partition coefficient (Wildman–Crippen LogP) is 11.4. The van der Waals surface area contributed by atoms with Crippen molar-refractivity contribution in [3.8, 4) is 0 Å². The van der Waals surface area contributed by atoms with Crippen LogP contribution in [-0.2, 0) is 25.7 Å². The molecule has 2 saturated carbocycles. The molecule has 0 heteroatoms. The van der Waals surface area contributed by atoms with E-state index in [1.807, 2.05) is 0 Å². The van der Waals surface area contributed by atoms with Gasteiger partial charge in [-0.1, -0.05) is 131 Å². The fraction of sp³-hybridized carbons (Fsp3) is 0.550. The maximum atomic E-state index is 2.49. The molecule has 0 radical (unpaired) electrons. The van der Waals surface area contributed by atoms with Gasteiger partial charge >= 0.3 is 0 Å². The van der Waals surface area contributed by atoms with Crippen molar-refractivity contribution in [1.29, 1.82) is 0 Å². The van der Waals surface area contributed by atoms with Crippen molar-refractivity contribution in [2.24, 2.45) is 17.3 Å². The lowest BCUT2D eigenvalue weighted by molar-refractivity contribution is 0.320. The molecule has 40 heavy (non-hydrogen) atoms. The van der Waals surface area contributed by atoms with Gasteiger partial charge in [0, 0.05) is 0 Å². The van der Waals surface area contributed by atoms with Crippen molar-refractivity contribution in [2.75, 3.05) is 0 Å². The summed E-state index contributed by atoms with van der Waals surface area (Å²) in [4.78, 5) is 0. The molecule has 0 aliphatic heterocycles. The lowest BCUT2D eigenvalue weighted by Gasteiger charge is -2.22. The molecule has 0 nitrogen and oxygen atoms in total. The second-order valence-corrected chi connectivity index (χ2v) is 13.5. The van der Waals surface area contributed by atoms with E-state index < -0.39 is 0 Å². The van der Waals surface area contributed by atoms with Gasteiger partial charge in [-0.3, -0.25) is 0 Å². The van der Waals surface area contributed by atoms with Crippen LogP contribution in [0.1, 0.15) is 119 Å². The summed E-state index contributed by atoms with van der Waals surface area (Å²) in [5.74, 6) is 1.91. The third kappa shape index (κ3) is 6.58. The number of fused-ring (bicyclic) bond motifs is 4. The smallest absolute Gasteiger partial charge is 0.0184 e. The Morgan fingerprint density at radius 2 is 0.850 bits per heavy atom. The molecule has 212 valence electrons. The van der Waals surface area contributed by atoms with Gasteiger partial charge in [0.1, 0.15) is 0 Å². The number of hydrogen-bond donors (Lipinski definition) is 0. The molecular weight excluding hydrogens is 480 g/mol. The van der Waals surface area contributed by atoms with E-state index in [1.54, 1.807) is 22.3 Å². The molecule has 0 amide bonds. The van der Waals surface area contributed by atoms with Crippen molar-refractivity contribution in [2.45, 2.75) is 122 Å². The molecule has 4 aliphatic rings. The maximum Gasteiger partial charge on any atom is -0.0184 e. The van der Waals surface area contributed by atoms with E-state index in [9.17, 15) is 0 Å². The quantitative estimate of drug-likeness (QED) is 0.316. The minimum absolute atomic E-state index is 0.675. The first-order valence-corrected chi connectivity index (χ1v) is 17.1. The zero-order valence-electron chi connectivity index (χ0n) is 25.0. The van der Waals surface area contributed by atoms with E-state index in [2.05, 4.69) is 72.8 Å². The summed E-state index contributed by atoms with van der Waals surface area (Å²) in [6, 6.07) is 28.5. The highest BCUT2D eigenvalue weighted by Crippen LogP contribution is 2.68. The highest BCUT2D eigenvalue weighted by atomic mass is 14.7. The lowest BCUT2D eigenvalue weighted by atomic mass is 9.83. The summed E-state index contributed by atoms with van der Waals surface area (Å²) in [5.41, 5.74) is 6.98. The van der Waals surface area contributed by atoms with Crippen LogP contribution in [0.5, 0.6) is 0 Å². The molecular formula is C40H52. The first-order chi connectivity index (χ1) is 19.8. The highest BCUT2D eigenvalue weighted by molar-refractivity contribution is 5.80. The Morgan fingerprint density at radius 1 is 0.400 bits per heavy atom. The Labute approximate surface area is 244 Å². The Bertz CT molecular complexity index is 1270. The molecule has 2 fully saturated rings. The van der Waals surface area contributed by atoms with Gasteiger partial charge in [0.15, 0.2) is 0 Å². The first-order valence-electron chi connectivity index (χ1n) is 17.1. The third-order valence-electron chi connectivity index (χ3n) is 11.1. The first kappa shape index (κ1) is 27.8. The van der Waals surface area contributed by atoms with Crippen molar-refractivity contribution >= 4 is 10.8 Å². The van der Waals surface area contributed by atoms with Crippen molar-refractivity contribution in [3.63, 3.8) is 0 Å². The van der Waals surface area contributed by atoms with E-state index in [0.717, 1.165) is 11.8 Å². The van der Waals surface area contributed by atoms with Crippen LogP contribution in [0.4, 0.5) is 0 Å². The highest BCUT2D eigenvalue weighted by Gasteiger charge is 2.61. The average molecular weight is 533 g/mol. The monoisotopic (exact) mass is 532 g/mol. The molecule has 0 bridgehead atoms. The molecule has 0 saturated heterocycles. The number of hydrogen-bond acceptors (Lipinski definition) is 0. The fourth-order valence-electron chi connectivity index (χ4n) is 8.83. The molecule has 4 aliphatic carbocycles. The van der Waals surface area contributed by atoms with Crippen molar-refractivity contribution < 1.29 is 0 Å². The molecule has 2 aromatic carbocycles. The minimum atomic E-state index is 0.675. The largest absolute Gasteiger partial charge is 0.0614 e. The van der Waals surface area contributed by atoms with E-state index >= 15 is 0 Å². The minimum Gasteiger partial charge on any atom is -0.0614 e. The number of aryl methyl sites for hydroxylation is 3. The van der Waals surface area contributed by atoms with Crippen LogP contribution in [0.25, 0.3) is 10.8 Å². The fourth-order valence-corrected chi connectivity index (χ4v) is 8.83. The van der Waals surface area contributed by atoms with Gasteiger partial charge in [-0.2, -0.15) is 0 Å². The Balaban J connectivity index is 1.34. The molecule has 1 spiro atoms. The lowest BCUT2D eigenvalue weighted by Crippen LogP contribution is -2.12. The molecule has 3 unspecified atom stereocenters. The Morgan fingerprint density at radius 3 is 1.48 bits per heavy atom. The zero-order chi connectivity index (χ0) is 27.0. The normalized spacial score (nSPS) is 26.7. The van der Waals surface area contributed by atoms with Crippen LogP contribution in [0, 0.1) is 17.3 Å². The van der Waals surface area contributed by atoms with Crippen LogP contribution < -0.4 is 0 Å². The SMILES string of the molecule is c1cc2c(cccc3cccc4c(cccc3c1)CCCC13CCCCCCCCC1C3C4)CCCCCCC2. The van der Waals surface area contributed by atoms with Crippen LogP contribution in [0.2, 0.25) is 0 Å². The second-order valence-electron chi connectivity index (χ2n) is 13.5. The predicted molar refractivity (Wildman–Crippen MR) is 173 cm³/mol. The topological polar surface area (TPSA) is 0 Å². The Kier molecular flexibility index (Phi) is 9.42. The summed E-state index contributed by atoms with van der Waals surface area (Å²) in [6.07, 6.45) is 26.4. The summed E-state index contributed by atoms with van der Waals surface area (Å²) in [6.45, 7) is 0. The van der Waals surface area contributed by atoms with Crippen LogP contribution in [0.3, 0.4) is 0 Å². The molecule has 0 heterocycles. The van der Waals surface area contributed by atoms with Crippen molar-refractivity contribution in [3.05, 3.63) is 95.1 Å². The number of rotatable bonds is 0. The van der Waals surface area contributed by atoms with Gasteiger partial charge in [-0.25, -0.2) is 0 Å². The molecule has 0 N–H and O–H groups in total. The zero-order valence-corrected chi connectivity index (χ0v) is 25.0. The van der Waals surface area contributed by atoms with Gasteiger partial charge in [-0.05, 0) is 114 Å². The summed E-state index contributed by atoms with van der Waals surface area (Å²) < 4.78 is 0. The third-order valence-corrected chi connectivity index (χ3v) is 11.1. The van der Waals surface area contributed by atoms with Gasteiger partial charge in [-0.15, -0.1) is 0 Å². The Hall–Kier alpha value is -2.34. The van der Waals surface area contributed by atoms with E-state index in [-0.39, 0.29) is 0 Å². The van der Waals surface area contributed by atoms with Crippen molar-refractivity contribution in [1.82, 2.24) is 0 Å². The van der Waals surface area contributed by atoms with Crippen LogP contribution >= 0.6 is 0 Å². The van der Waals surface area contributed by atoms with E-state index in [4.69, 9.17) is 0 Å². The average Bonchev–Trinajstić information content (AvgIpc) is 3.50. The second kappa shape index (κ2) is 13.5. The maximum absolute atomic E-state index is 2.49. The van der Waals surface area contributed by atoms with Gasteiger partial charge in [0.25, 0.3) is 0 Å². The van der Waals surface area contributed by atoms with Crippen LogP contribution in [0.15, 0.2) is 72.8 Å².